The zero-order valence-corrected chi connectivity index (χ0v) is 11.4. The summed E-state index contributed by atoms with van der Waals surface area (Å²) in [5.41, 5.74) is 5.86. The molecule has 1 aliphatic rings. The summed E-state index contributed by atoms with van der Waals surface area (Å²) in [6.45, 7) is 6.12. The molecule has 0 amide bonds. The number of aromatic nitrogens is 3. The highest BCUT2D eigenvalue weighted by molar-refractivity contribution is 5.59. The molecule has 3 rings (SSSR count). The Morgan fingerprint density at radius 1 is 1.32 bits per heavy atom. The van der Waals surface area contributed by atoms with E-state index in [2.05, 4.69) is 24.1 Å². The third-order valence-corrected chi connectivity index (χ3v) is 3.63. The third kappa shape index (κ3) is 2.24. The van der Waals surface area contributed by atoms with E-state index in [0.717, 1.165) is 43.0 Å². The minimum atomic E-state index is 0.822. The van der Waals surface area contributed by atoms with E-state index in [-0.39, 0.29) is 0 Å². The molecule has 2 aromatic heterocycles. The molecule has 0 saturated carbocycles. The van der Waals surface area contributed by atoms with Crippen LogP contribution in [0.3, 0.4) is 0 Å². The summed E-state index contributed by atoms with van der Waals surface area (Å²) in [6.07, 6.45) is 5.59. The highest BCUT2D eigenvalue weighted by Crippen LogP contribution is 2.23. The van der Waals surface area contributed by atoms with Gasteiger partial charge in [0.1, 0.15) is 0 Å². The highest BCUT2D eigenvalue weighted by Gasteiger charge is 2.17. The molecule has 2 aromatic rings. The first-order chi connectivity index (χ1) is 9.29. The van der Waals surface area contributed by atoms with Crippen molar-refractivity contribution >= 4 is 0 Å². The topological polar surface area (TPSA) is 50.7 Å². The average molecular weight is 254 g/mol. The van der Waals surface area contributed by atoms with Crippen LogP contribution in [0.1, 0.15) is 29.4 Å². The summed E-state index contributed by atoms with van der Waals surface area (Å²) < 4.78 is 0. The van der Waals surface area contributed by atoms with Gasteiger partial charge in [-0.05, 0) is 25.0 Å². The minimum Gasteiger partial charge on any atom is -0.312 e. The van der Waals surface area contributed by atoms with Crippen molar-refractivity contribution in [1.82, 2.24) is 20.3 Å². The van der Waals surface area contributed by atoms with E-state index < -0.39 is 0 Å². The van der Waals surface area contributed by atoms with Crippen molar-refractivity contribution in [2.24, 2.45) is 0 Å². The molecule has 98 valence electrons. The second-order valence-corrected chi connectivity index (χ2v) is 4.89. The number of pyridine rings is 1. The monoisotopic (exact) mass is 254 g/mol. The van der Waals surface area contributed by atoms with Crippen LogP contribution in [-0.2, 0) is 19.4 Å². The quantitative estimate of drug-likeness (QED) is 0.891. The molecule has 3 heterocycles. The van der Waals surface area contributed by atoms with Gasteiger partial charge in [0.05, 0.1) is 5.69 Å². The van der Waals surface area contributed by atoms with E-state index >= 15 is 0 Å². The predicted molar refractivity (Wildman–Crippen MR) is 74.8 cm³/mol. The normalized spacial score (nSPS) is 14.2. The van der Waals surface area contributed by atoms with E-state index in [1.54, 1.807) is 0 Å². The van der Waals surface area contributed by atoms with Gasteiger partial charge in [0.2, 0.25) is 0 Å². The van der Waals surface area contributed by atoms with Crippen LogP contribution in [0.5, 0.6) is 0 Å². The van der Waals surface area contributed by atoms with E-state index in [1.165, 1.54) is 16.8 Å². The molecule has 0 aliphatic carbocycles. The van der Waals surface area contributed by atoms with Crippen LogP contribution >= 0.6 is 0 Å². The molecule has 0 saturated heterocycles. The third-order valence-electron chi connectivity index (χ3n) is 3.63. The van der Waals surface area contributed by atoms with Gasteiger partial charge in [-0.1, -0.05) is 6.92 Å². The lowest BCUT2D eigenvalue weighted by Crippen LogP contribution is -2.26. The summed E-state index contributed by atoms with van der Waals surface area (Å²) in [5.74, 6) is 0.822. The fraction of sp³-hybridized carbons (Fsp3) is 0.400. The molecule has 0 bridgehead atoms. The van der Waals surface area contributed by atoms with Crippen LogP contribution in [0.4, 0.5) is 0 Å². The second kappa shape index (κ2) is 5.05. The first-order valence-electron chi connectivity index (χ1n) is 6.80. The van der Waals surface area contributed by atoms with Crippen LogP contribution in [0, 0.1) is 6.92 Å². The Bertz CT molecular complexity index is 590. The van der Waals surface area contributed by atoms with Crippen molar-refractivity contribution in [3.63, 3.8) is 0 Å². The predicted octanol–water partition coefficient (Wildman–Crippen LogP) is 2.06. The molecule has 0 unspecified atom stereocenters. The molecule has 4 nitrogen and oxygen atoms in total. The lowest BCUT2D eigenvalue weighted by atomic mass is 10.0. The first-order valence-corrected chi connectivity index (χ1v) is 6.80. The summed E-state index contributed by atoms with van der Waals surface area (Å²) >= 11 is 0. The molecule has 4 heteroatoms. The van der Waals surface area contributed by atoms with Crippen LogP contribution in [0.25, 0.3) is 11.4 Å². The van der Waals surface area contributed by atoms with E-state index in [9.17, 15) is 0 Å². The van der Waals surface area contributed by atoms with Gasteiger partial charge < -0.3 is 5.32 Å². The molecule has 0 aromatic carbocycles. The van der Waals surface area contributed by atoms with Crippen molar-refractivity contribution in [2.75, 3.05) is 6.54 Å². The van der Waals surface area contributed by atoms with Crippen LogP contribution in [0.15, 0.2) is 18.5 Å². The number of nitrogens with zero attached hydrogens (tertiary/aromatic N) is 3. The molecule has 0 fully saturated rings. The molecular formula is C15H18N4. The van der Waals surface area contributed by atoms with Crippen LogP contribution in [0.2, 0.25) is 0 Å². The second-order valence-electron chi connectivity index (χ2n) is 4.89. The molecule has 1 N–H and O–H groups in total. The van der Waals surface area contributed by atoms with Gasteiger partial charge in [-0.25, -0.2) is 9.97 Å². The Balaban J connectivity index is 2.15. The lowest BCUT2D eigenvalue weighted by molar-refractivity contribution is 0.618. The Morgan fingerprint density at radius 3 is 3.00 bits per heavy atom. The standard InChI is InChI=1S/C15H18N4/c1-3-13-12-9-17-7-5-14(12)19-15(18-13)11-8-16-6-4-10(11)2/h4,6,8,17H,3,5,7,9H2,1-2H3. The maximum absolute atomic E-state index is 4.76. The molecular weight excluding hydrogens is 236 g/mol. The maximum Gasteiger partial charge on any atom is 0.161 e. The number of rotatable bonds is 2. The van der Waals surface area contributed by atoms with Gasteiger partial charge in [0.15, 0.2) is 5.82 Å². The summed E-state index contributed by atoms with van der Waals surface area (Å²) in [6, 6.07) is 2.01. The molecule has 0 spiro atoms. The van der Waals surface area contributed by atoms with E-state index in [0.29, 0.717) is 0 Å². The van der Waals surface area contributed by atoms with Crippen molar-refractivity contribution in [2.45, 2.75) is 33.2 Å². The molecule has 0 atom stereocenters. The molecule has 0 radical (unpaired) electrons. The van der Waals surface area contributed by atoms with Crippen LogP contribution in [-0.4, -0.2) is 21.5 Å². The molecule has 19 heavy (non-hydrogen) atoms. The van der Waals surface area contributed by atoms with Gasteiger partial charge in [-0.15, -0.1) is 0 Å². The highest BCUT2D eigenvalue weighted by atomic mass is 15.0. The fourth-order valence-corrected chi connectivity index (χ4v) is 2.52. The van der Waals surface area contributed by atoms with Crippen molar-refractivity contribution in [3.8, 4) is 11.4 Å². The Morgan fingerprint density at radius 2 is 2.21 bits per heavy atom. The maximum atomic E-state index is 4.76. The Hall–Kier alpha value is -1.81. The summed E-state index contributed by atoms with van der Waals surface area (Å²) in [5, 5.41) is 3.39. The zero-order valence-electron chi connectivity index (χ0n) is 11.4. The van der Waals surface area contributed by atoms with Gasteiger partial charge in [0, 0.05) is 48.7 Å². The SMILES string of the molecule is CCc1nc(-c2cnccc2C)nc2c1CNCC2. The number of aryl methyl sites for hydroxylation is 2. The van der Waals surface area contributed by atoms with Crippen molar-refractivity contribution < 1.29 is 0 Å². The molecule has 1 aliphatic heterocycles. The number of hydrogen-bond acceptors (Lipinski definition) is 4. The first kappa shape index (κ1) is 12.2. The van der Waals surface area contributed by atoms with Gasteiger partial charge in [-0.3, -0.25) is 4.98 Å². The van der Waals surface area contributed by atoms with Gasteiger partial charge in [0.25, 0.3) is 0 Å². The summed E-state index contributed by atoms with van der Waals surface area (Å²) in [4.78, 5) is 13.7. The van der Waals surface area contributed by atoms with E-state index in [1.807, 2.05) is 18.5 Å². The van der Waals surface area contributed by atoms with Gasteiger partial charge in [-0.2, -0.15) is 0 Å². The number of hydrogen-bond donors (Lipinski definition) is 1. The zero-order chi connectivity index (χ0) is 13.2. The van der Waals surface area contributed by atoms with Crippen molar-refractivity contribution in [1.29, 1.82) is 0 Å². The lowest BCUT2D eigenvalue weighted by Gasteiger charge is -2.20. The van der Waals surface area contributed by atoms with E-state index in [4.69, 9.17) is 9.97 Å². The summed E-state index contributed by atoms with van der Waals surface area (Å²) in [7, 11) is 0. The Kier molecular flexibility index (Phi) is 3.25. The van der Waals surface area contributed by atoms with Gasteiger partial charge >= 0.3 is 0 Å². The Labute approximate surface area is 113 Å². The minimum absolute atomic E-state index is 0.822. The fourth-order valence-electron chi connectivity index (χ4n) is 2.52. The van der Waals surface area contributed by atoms with Crippen LogP contribution < -0.4 is 5.32 Å². The number of fused-ring (bicyclic) bond motifs is 1. The largest absolute Gasteiger partial charge is 0.312 e. The number of nitrogens with one attached hydrogen (secondary N) is 1. The smallest absolute Gasteiger partial charge is 0.161 e. The van der Waals surface area contributed by atoms with Crippen molar-refractivity contribution in [3.05, 3.63) is 41.0 Å². The average Bonchev–Trinajstić information content (AvgIpc) is 2.46.